The summed E-state index contributed by atoms with van der Waals surface area (Å²) in [4.78, 5) is 38.9. The highest BCUT2D eigenvalue weighted by Gasteiger charge is 2.21. The van der Waals surface area contributed by atoms with Crippen molar-refractivity contribution in [1.82, 2.24) is 4.90 Å². The minimum atomic E-state index is -0.478. The average molecular weight is 374 g/mol. The van der Waals surface area contributed by atoms with Gasteiger partial charge in [0, 0.05) is 12.2 Å². The molecule has 0 saturated carbocycles. The van der Waals surface area contributed by atoms with Gasteiger partial charge in [-0.3, -0.25) is 9.59 Å². The Balaban J connectivity index is 2.08. The number of anilines is 1. The van der Waals surface area contributed by atoms with Crippen molar-refractivity contribution >= 4 is 34.8 Å². The molecule has 0 fully saturated rings. The maximum absolute atomic E-state index is 12.7. The van der Waals surface area contributed by atoms with Crippen LogP contribution in [-0.4, -0.2) is 42.9 Å². The Hall–Kier alpha value is -2.67. The van der Waals surface area contributed by atoms with Gasteiger partial charge < -0.3 is 15.0 Å². The fraction of sp³-hybridized carbons (Fsp3) is 0.316. The van der Waals surface area contributed by atoms with E-state index in [0.717, 1.165) is 29.0 Å². The second kappa shape index (κ2) is 9.15. The molecule has 0 aliphatic heterocycles. The predicted molar refractivity (Wildman–Crippen MR) is 102 cm³/mol. The normalized spacial score (nSPS) is 10.3. The number of methoxy groups -OCH3 is 1. The molecule has 2 aromatic rings. The third-order valence-electron chi connectivity index (χ3n) is 3.74. The number of amides is 2. The Morgan fingerprint density at radius 2 is 1.81 bits per heavy atom. The lowest BCUT2D eigenvalue weighted by molar-refractivity contribution is -0.116. The molecule has 0 saturated heterocycles. The van der Waals surface area contributed by atoms with Crippen LogP contribution in [-0.2, 0) is 9.53 Å². The van der Waals surface area contributed by atoms with Crippen LogP contribution < -0.4 is 5.32 Å². The number of aryl methyl sites for hydroxylation is 1. The number of rotatable bonds is 7. The number of carbonyl (C=O) groups is 3. The highest BCUT2D eigenvalue weighted by Crippen LogP contribution is 2.20. The van der Waals surface area contributed by atoms with Crippen LogP contribution in [0.4, 0.5) is 5.69 Å². The molecule has 1 heterocycles. The Labute approximate surface area is 156 Å². The topological polar surface area (TPSA) is 75.7 Å². The molecule has 1 aromatic carbocycles. The van der Waals surface area contributed by atoms with Gasteiger partial charge in [0.1, 0.15) is 11.4 Å². The largest absolute Gasteiger partial charge is 0.465 e. The zero-order chi connectivity index (χ0) is 19.1. The average Bonchev–Trinajstić information content (AvgIpc) is 3.12. The summed E-state index contributed by atoms with van der Waals surface area (Å²) < 4.78 is 4.66. The lowest BCUT2D eigenvalue weighted by Gasteiger charge is -2.21. The van der Waals surface area contributed by atoms with Crippen molar-refractivity contribution in [2.75, 3.05) is 25.5 Å². The maximum Gasteiger partial charge on any atom is 0.348 e. The molecular weight excluding hydrogens is 352 g/mol. The van der Waals surface area contributed by atoms with E-state index in [1.807, 2.05) is 38.1 Å². The van der Waals surface area contributed by atoms with Crippen LogP contribution in [0.2, 0.25) is 0 Å². The summed E-state index contributed by atoms with van der Waals surface area (Å²) in [6.07, 6.45) is 0.721. The molecule has 2 rings (SSSR count). The number of hydrogen-bond acceptors (Lipinski definition) is 5. The van der Waals surface area contributed by atoms with Crippen LogP contribution in [0.5, 0.6) is 0 Å². The number of nitrogens with zero attached hydrogens (tertiary/aromatic N) is 1. The van der Waals surface area contributed by atoms with Gasteiger partial charge in [0.2, 0.25) is 5.91 Å². The number of thiophene rings is 1. The monoisotopic (exact) mass is 374 g/mol. The van der Waals surface area contributed by atoms with E-state index in [0.29, 0.717) is 16.3 Å². The molecule has 0 radical (unpaired) electrons. The Bertz CT molecular complexity index is 800. The number of para-hydroxylation sites is 1. The third-order valence-corrected chi connectivity index (χ3v) is 4.79. The van der Waals surface area contributed by atoms with Crippen LogP contribution in [0.25, 0.3) is 0 Å². The highest BCUT2D eigenvalue weighted by molar-refractivity contribution is 7.15. The van der Waals surface area contributed by atoms with Crippen molar-refractivity contribution in [2.24, 2.45) is 0 Å². The second-order valence-corrected chi connectivity index (χ2v) is 6.83. The molecule has 7 heteroatoms. The van der Waals surface area contributed by atoms with Gasteiger partial charge in [-0.15, -0.1) is 11.3 Å². The van der Waals surface area contributed by atoms with Crippen LogP contribution in [0.1, 0.15) is 38.3 Å². The van der Waals surface area contributed by atoms with Crippen LogP contribution in [0.3, 0.4) is 0 Å². The van der Waals surface area contributed by atoms with E-state index < -0.39 is 5.97 Å². The van der Waals surface area contributed by atoms with Crippen molar-refractivity contribution in [2.45, 2.75) is 20.3 Å². The van der Waals surface area contributed by atoms with Gasteiger partial charge in [-0.05, 0) is 37.1 Å². The van der Waals surface area contributed by atoms with Crippen molar-refractivity contribution in [1.29, 1.82) is 0 Å². The molecule has 0 spiro atoms. The van der Waals surface area contributed by atoms with Gasteiger partial charge in [0.05, 0.1) is 12.0 Å². The molecule has 6 nitrogen and oxygen atoms in total. The molecule has 0 bridgehead atoms. The summed E-state index contributed by atoms with van der Waals surface area (Å²) >= 11 is 1.06. The summed E-state index contributed by atoms with van der Waals surface area (Å²) in [5.74, 6) is -1.01. The number of esters is 1. The standard InChI is InChI=1S/C19H22N2O4S/c1-4-11-21(12-17(22)20-14-8-6-5-7-13(14)2)18(23)15-9-10-16(26-15)19(24)25-3/h5-10H,4,11-12H2,1-3H3,(H,20,22). The molecule has 0 unspecified atom stereocenters. The minimum Gasteiger partial charge on any atom is -0.465 e. The Morgan fingerprint density at radius 1 is 1.12 bits per heavy atom. The van der Waals surface area contributed by atoms with E-state index in [-0.39, 0.29) is 18.4 Å². The van der Waals surface area contributed by atoms with E-state index in [1.54, 1.807) is 12.1 Å². The summed E-state index contributed by atoms with van der Waals surface area (Å²) in [5, 5.41) is 2.83. The van der Waals surface area contributed by atoms with E-state index in [9.17, 15) is 14.4 Å². The summed E-state index contributed by atoms with van der Waals surface area (Å²) in [7, 11) is 1.29. The van der Waals surface area contributed by atoms with E-state index in [2.05, 4.69) is 10.1 Å². The van der Waals surface area contributed by atoms with Gasteiger partial charge in [-0.2, -0.15) is 0 Å². The molecule has 0 atom stereocenters. The molecule has 0 aliphatic rings. The number of carbonyl (C=O) groups excluding carboxylic acids is 3. The third kappa shape index (κ3) is 4.92. The Morgan fingerprint density at radius 3 is 2.46 bits per heavy atom. The summed E-state index contributed by atoms with van der Waals surface area (Å²) in [6.45, 7) is 4.25. The van der Waals surface area contributed by atoms with Crippen molar-refractivity contribution in [3.8, 4) is 0 Å². The van der Waals surface area contributed by atoms with Crippen molar-refractivity contribution in [3.05, 3.63) is 51.7 Å². The van der Waals surface area contributed by atoms with Crippen LogP contribution >= 0.6 is 11.3 Å². The molecule has 138 valence electrons. The molecule has 26 heavy (non-hydrogen) atoms. The summed E-state index contributed by atoms with van der Waals surface area (Å²) in [5.41, 5.74) is 1.68. The smallest absolute Gasteiger partial charge is 0.348 e. The molecule has 1 N–H and O–H groups in total. The number of nitrogens with one attached hydrogen (secondary N) is 1. The quantitative estimate of drug-likeness (QED) is 0.754. The minimum absolute atomic E-state index is 0.0491. The van der Waals surface area contributed by atoms with Gasteiger partial charge in [0.25, 0.3) is 5.91 Å². The fourth-order valence-electron chi connectivity index (χ4n) is 2.42. The first-order valence-corrected chi connectivity index (χ1v) is 9.10. The zero-order valence-corrected chi connectivity index (χ0v) is 15.9. The SMILES string of the molecule is CCCN(CC(=O)Nc1ccccc1C)C(=O)c1ccc(C(=O)OC)s1. The predicted octanol–water partition coefficient (Wildman–Crippen LogP) is 3.33. The van der Waals surface area contributed by atoms with Crippen LogP contribution in [0, 0.1) is 6.92 Å². The summed E-state index contributed by atoms with van der Waals surface area (Å²) in [6, 6.07) is 10.6. The molecule has 0 aliphatic carbocycles. The number of hydrogen-bond donors (Lipinski definition) is 1. The Kier molecular flexibility index (Phi) is 6.91. The first-order valence-electron chi connectivity index (χ1n) is 8.29. The molecule has 1 aromatic heterocycles. The first-order chi connectivity index (χ1) is 12.5. The van der Waals surface area contributed by atoms with Gasteiger partial charge in [-0.1, -0.05) is 25.1 Å². The zero-order valence-electron chi connectivity index (χ0n) is 15.1. The van der Waals surface area contributed by atoms with E-state index in [4.69, 9.17) is 0 Å². The molecule has 2 amide bonds. The lowest BCUT2D eigenvalue weighted by atomic mass is 10.2. The molecular formula is C19H22N2O4S. The van der Waals surface area contributed by atoms with Gasteiger partial charge >= 0.3 is 5.97 Å². The van der Waals surface area contributed by atoms with Crippen molar-refractivity contribution in [3.63, 3.8) is 0 Å². The number of ether oxygens (including phenoxy) is 1. The van der Waals surface area contributed by atoms with Gasteiger partial charge in [-0.25, -0.2) is 4.79 Å². The van der Waals surface area contributed by atoms with Gasteiger partial charge in [0.15, 0.2) is 0 Å². The van der Waals surface area contributed by atoms with E-state index in [1.165, 1.54) is 12.0 Å². The van der Waals surface area contributed by atoms with Crippen molar-refractivity contribution < 1.29 is 19.1 Å². The fourth-order valence-corrected chi connectivity index (χ4v) is 3.31. The lowest BCUT2D eigenvalue weighted by Crippen LogP contribution is -2.38. The van der Waals surface area contributed by atoms with Crippen LogP contribution in [0.15, 0.2) is 36.4 Å². The highest BCUT2D eigenvalue weighted by atomic mass is 32.1. The maximum atomic E-state index is 12.7. The second-order valence-electron chi connectivity index (χ2n) is 5.75. The number of benzene rings is 1. The first kappa shape index (κ1) is 19.7. The van der Waals surface area contributed by atoms with E-state index >= 15 is 0 Å².